The smallest absolute Gasteiger partial charge is 0.335 e. The van der Waals surface area contributed by atoms with Gasteiger partial charge in [0.05, 0.1) is 0 Å². The van der Waals surface area contributed by atoms with Gasteiger partial charge in [0.15, 0.2) is 0 Å². The van der Waals surface area contributed by atoms with E-state index < -0.39 is 25.4 Å². The number of rotatable bonds is 17. The minimum atomic E-state index is -2.08. The van der Waals surface area contributed by atoms with E-state index in [0.717, 1.165) is 51.6 Å². The Morgan fingerprint density at radius 2 is 0.862 bits per heavy atom. The highest BCUT2D eigenvalue weighted by Gasteiger charge is 2.37. The minimum Gasteiger partial charge on any atom is -0.395 e. The molecule has 0 heterocycles. The van der Waals surface area contributed by atoms with Crippen molar-refractivity contribution in [3.63, 3.8) is 0 Å². The van der Waals surface area contributed by atoms with Gasteiger partial charge in [0.25, 0.3) is 0 Å². The van der Waals surface area contributed by atoms with Crippen molar-refractivity contribution in [3.05, 3.63) is 0 Å². The van der Waals surface area contributed by atoms with Gasteiger partial charge in [-0.15, -0.1) is 0 Å². The van der Waals surface area contributed by atoms with Gasteiger partial charge in [0.1, 0.15) is 8.24 Å². The van der Waals surface area contributed by atoms with Crippen LogP contribution in [0.5, 0.6) is 0 Å². The zero-order valence-corrected chi connectivity index (χ0v) is 24.4. The highest BCUT2D eigenvalue weighted by molar-refractivity contribution is 6.73. The largest absolute Gasteiger partial charge is 0.395 e. The fraction of sp³-hybridized carbons (Fsp3) is 1.00. The average Bonchev–Trinajstić information content (AvgIpc) is 2.53. The third-order valence-electron chi connectivity index (χ3n) is 5.25. The predicted octanol–water partition coefficient (Wildman–Crippen LogP) is 5.69. The summed E-state index contributed by atoms with van der Waals surface area (Å²) >= 11 is 0. The molecule has 0 aliphatic rings. The summed E-state index contributed by atoms with van der Waals surface area (Å²) in [5.74, 6) is 1.12. The predicted molar refractivity (Wildman–Crippen MR) is 133 cm³/mol. The van der Waals surface area contributed by atoms with Crippen molar-refractivity contribution in [2.45, 2.75) is 86.4 Å². The first-order valence-electron chi connectivity index (χ1n) is 11.7. The molecule has 0 rings (SSSR count). The highest BCUT2D eigenvalue weighted by atomic mass is 28.4. The van der Waals surface area contributed by atoms with E-state index >= 15 is 0 Å². The number of nitrogens with zero attached hydrogens (tertiary/aromatic N) is 1. The van der Waals surface area contributed by atoms with Gasteiger partial charge in [-0.2, -0.15) is 0 Å². The molecule has 8 heteroatoms. The van der Waals surface area contributed by atoms with Gasteiger partial charge in [-0.3, -0.25) is 0 Å². The third-order valence-corrected chi connectivity index (χ3v) is 14.0. The van der Waals surface area contributed by atoms with Gasteiger partial charge in [-0.1, -0.05) is 33.5 Å². The fourth-order valence-corrected chi connectivity index (χ4v) is 11.9. The highest BCUT2D eigenvalue weighted by Crippen LogP contribution is 2.26. The maximum atomic E-state index is 6.09. The average molecular weight is 466 g/mol. The van der Waals surface area contributed by atoms with Crippen LogP contribution < -0.4 is 0 Å². The molecule has 0 fully saturated rings. The van der Waals surface area contributed by atoms with E-state index in [1.165, 1.54) is 0 Å². The minimum absolute atomic E-state index is 0.561. The van der Waals surface area contributed by atoms with Crippen molar-refractivity contribution in [1.29, 1.82) is 0 Å². The molecule has 0 aromatic carbocycles. The second-order valence-corrected chi connectivity index (χ2v) is 21.2. The first-order chi connectivity index (χ1) is 13.3. The molecule has 2 atom stereocenters. The number of hydrogen-bond donors (Lipinski definition) is 0. The van der Waals surface area contributed by atoms with Crippen molar-refractivity contribution in [2.24, 2.45) is 11.8 Å². The first kappa shape index (κ1) is 29.5. The summed E-state index contributed by atoms with van der Waals surface area (Å²) in [4.78, 5) is 0. The Labute approximate surface area is 185 Å². The number of hydrogen-bond acceptors (Lipinski definition) is 5. The summed E-state index contributed by atoms with van der Waals surface area (Å²) < 4.78 is 27.1. The molecule has 0 bridgehead atoms. The molecule has 0 radical (unpaired) electrons. The van der Waals surface area contributed by atoms with E-state index in [0.29, 0.717) is 11.8 Å². The molecular formula is C21H51NO4Si3. The molecule has 0 N–H and O–H groups in total. The molecule has 5 nitrogen and oxygen atoms in total. The van der Waals surface area contributed by atoms with Crippen LogP contribution in [0.15, 0.2) is 0 Å². The molecule has 0 spiro atoms. The van der Waals surface area contributed by atoms with Gasteiger partial charge in [0.2, 0.25) is 0 Å². The second-order valence-electron chi connectivity index (χ2n) is 9.69. The summed E-state index contributed by atoms with van der Waals surface area (Å²) in [7, 11) is -5.60. The molecule has 176 valence electrons. The Balaban J connectivity index is 5.09. The summed E-state index contributed by atoms with van der Waals surface area (Å²) in [5, 5.41) is 0. The van der Waals surface area contributed by atoms with Crippen LogP contribution in [0.1, 0.15) is 41.5 Å². The monoisotopic (exact) mass is 465 g/mol. The van der Waals surface area contributed by atoms with Crippen LogP contribution in [-0.4, -0.2) is 69.4 Å². The molecule has 0 aliphatic heterocycles. The molecule has 0 saturated carbocycles. The Kier molecular flexibility index (Phi) is 14.0. The van der Waals surface area contributed by atoms with Crippen molar-refractivity contribution in [2.75, 3.05) is 39.5 Å². The molecule has 0 aromatic rings. The standard InChI is InChI=1S/C21H51NO4Si3/c1-12-23-28(10,24-13-2)18-20(5)16-22(27(7,8)9)17-21(6)19-29(11,25-14-3)26-15-4/h20-21H,12-19H2,1-11H3. The van der Waals surface area contributed by atoms with Gasteiger partial charge in [0, 0.05) is 26.4 Å². The topological polar surface area (TPSA) is 40.2 Å². The zero-order valence-electron chi connectivity index (χ0n) is 21.4. The maximum absolute atomic E-state index is 6.09. The summed E-state index contributed by atoms with van der Waals surface area (Å²) in [5.41, 5.74) is 0. The Bertz CT molecular complexity index is 391. The normalized spacial score (nSPS) is 15.7. The van der Waals surface area contributed by atoms with E-state index in [-0.39, 0.29) is 0 Å². The molecule has 0 aromatic heterocycles. The molecule has 29 heavy (non-hydrogen) atoms. The quantitative estimate of drug-likeness (QED) is 0.258. The lowest BCUT2D eigenvalue weighted by Gasteiger charge is -2.40. The first-order valence-corrected chi connectivity index (χ1v) is 20.1. The van der Waals surface area contributed by atoms with E-state index in [2.05, 4.69) is 78.8 Å². The van der Waals surface area contributed by atoms with E-state index in [4.69, 9.17) is 17.7 Å². The Morgan fingerprint density at radius 1 is 0.586 bits per heavy atom. The van der Waals surface area contributed by atoms with E-state index in [1.807, 2.05) is 0 Å². The molecular weight excluding hydrogens is 414 g/mol. The van der Waals surface area contributed by atoms with Gasteiger partial charge >= 0.3 is 17.1 Å². The van der Waals surface area contributed by atoms with E-state index in [1.54, 1.807) is 0 Å². The lowest BCUT2D eigenvalue weighted by molar-refractivity contribution is 0.178. The van der Waals surface area contributed by atoms with Crippen LogP contribution in [0.3, 0.4) is 0 Å². The lowest BCUT2D eigenvalue weighted by Crippen LogP contribution is -2.52. The van der Waals surface area contributed by atoms with Gasteiger partial charge in [-0.25, -0.2) is 0 Å². The fourth-order valence-electron chi connectivity index (χ4n) is 4.31. The SMILES string of the molecule is CCO[Si](C)(CC(C)CN(CC(C)C[Si](C)(OCC)OCC)[Si](C)(C)C)OCC. The van der Waals surface area contributed by atoms with Crippen molar-refractivity contribution >= 4 is 25.4 Å². The zero-order chi connectivity index (χ0) is 22.7. The van der Waals surface area contributed by atoms with Crippen molar-refractivity contribution < 1.29 is 17.7 Å². The second kappa shape index (κ2) is 13.8. The van der Waals surface area contributed by atoms with E-state index in [9.17, 15) is 0 Å². The van der Waals surface area contributed by atoms with Crippen LogP contribution in [0.4, 0.5) is 0 Å². The summed E-state index contributed by atoms with van der Waals surface area (Å²) in [6, 6.07) is 2.10. The summed E-state index contributed by atoms with van der Waals surface area (Å²) in [6.45, 7) is 30.0. The molecule has 0 aliphatic carbocycles. The van der Waals surface area contributed by atoms with Gasteiger partial charge in [-0.05, 0) is 77.8 Å². The molecule has 0 amide bonds. The van der Waals surface area contributed by atoms with Crippen LogP contribution in [-0.2, 0) is 17.7 Å². The molecule has 0 saturated heterocycles. The maximum Gasteiger partial charge on any atom is 0.335 e. The van der Waals surface area contributed by atoms with Crippen molar-refractivity contribution in [1.82, 2.24) is 4.57 Å². The van der Waals surface area contributed by atoms with Crippen molar-refractivity contribution in [3.8, 4) is 0 Å². The third kappa shape index (κ3) is 12.2. The lowest BCUT2D eigenvalue weighted by atomic mass is 10.2. The summed E-state index contributed by atoms with van der Waals surface area (Å²) in [6.07, 6.45) is 0. The van der Waals surface area contributed by atoms with Crippen LogP contribution >= 0.6 is 0 Å². The van der Waals surface area contributed by atoms with Crippen LogP contribution in [0.25, 0.3) is 0 Å². The molecule has 2 unspecified atom stereocenters. The van der Waals surface area contributed by atoms with Crippen LogP contribution in [0, 0.1) is 11.8 Å². The van der Waals surface area contributed by atoms with Crippen LogP contribution in [0.2, 0.25) is 44.8 Å². The van der Waals surface area contributed by atoms with Gasteiger partial charge < -0.3 is 22.3 Å². The Hall–Kier alpha value is 0.451. The Morgan fingerprint density at radius 3 is 1.07 bits per heavy atom.